The van der Waals surface area contributed by atoms with Gasteiger partial charge >= 0.3 is 0 Å². The smallest absolute Gasteiger partial charge is 0.224 e. The molecule has 1 amide bonds. The minimum absolute atomic E-state index is 0.0157. The van der Waals surface area contributed by atoms with Crippen LogP contribution < -0.4 is 5.32 Å². The number of aliphatic hydroxyl groups is 1. The van der Waals surface area contributed by atoms with E-state index in [1.165, 1.54) is 22.0 Å². The average molecular weight is 396 g/mol. The van der Waals surface area contributed by atoms with Gasteiger partial charge in [0.05, 0.1) is 18.1 Å². The van der Waals surface area contributed by atoms with Crippen LogP contribution in [0, 0.1) is 5.92 Å². The Labute approximate surface area is 173 Å². The standard InChI is InChI=1S/C24H33N3O2/c1-14(2)27-13-15-11-21-18(17-6-4-8-20(27)23(15)17)10-16(12-26(21)3)24(29)25-19-7-5-9-22(19)28/h4,6,8,13-14,16,18-19,21-22,28H,5,7,9-12H2,1-3H3,(H,25,29)/t16-,18+,19?,21+,22?/m0/s1. The molecule has 29 heavy (non-hydrogen) atoms. The molecule has 0 radical (unpaired) electrons. The highest BCUT2D eigenvalue weighted by molar-refractivity contribution is 5.89. The molecule has 0 bridgehead atoms. The van der Waals surface area contributed by atoms with Gasteiger partial charge in [0.2, 0.25) is 5.91 Å². The first-order chi connectivity index (χ1) is 13.9. The molecule has 2 unspecified atom stereocenters. The topological polar surface area (TPSA) is 57.5 Å². The van der Waals surface area contributed by atoms with Gasteiger partial charge in [0.25, 0.3) is 0 Å². The van der Waals surface area contributed by atoms with Gasteiger partial charge in [-0.1, -0.05) is 12.1 Å². The fourth-order valence-corrected chi connectivity index (χ4v) is 6.10. The normalized spacial score (nSPS) is 32.0. The number of likely N-dealkylation sites (tertiary alicyclic amines) is 1. The maximum absolute atomic E-state index is 13.0. The second-order valence-electron chi connectivity index (χ2n) is 9.76. The number of likely N-dealkylation sites (N-methyl/N-ethyl adjacent to an activating group) is 1. The van der Waals surface area contributed by atoms with Crippen molar-refractivity contribution in [1.82, 2.24) is 14.8 Å². The minimum atomic E-state index is -0.380. The first-order valence-corrected chi connectivity index (χ1v) is 11.2. The molecule has 0 spiro atoms. The van der Waals surface area contributed by atoms with Crippen molar-refractivity contribution in [2.45, 2.75) is 76.1 Å². The van der Waals surface area contributed by atoms with Crippen molar-refractivity contribution in [3.63, 3.8) is 0 Å². The number of amides is 1. The van der Waals surface area contributed by atoms with E-state index in [1.807, 2.05) is 0 Å². The molecule has 2 N–H and O–H groups in total. The first-order valence-electron chi connectivity index (χ1n) is 11.2. The molecule has 5 nitrogen and oxygen atoms in total. The molecule has 1 saturated heterocycles. The van der Waals surface area contributed by atoms with E-state index in [-0.39, 0.29) is 24.0 Å². The van der Waals surface area contributed by atoms with Crippen LogP contribution in [0.2, 0.25) is 0 Å². The highest BCUT2D eigenvalue weighted by atomic mass is 16.3. The predicted octanol–water partition coefficient (Wildman–Crippen LogP) is 3.21. The second kappa shape index (κ2) is 7.13. The van der Waals surface area contributed by atoms with Crippen LogP contribution >= 0.6 is 0 Å². The number of hydrogen-bond acceptors (Lipinski definition) is 3. The van der Waals surface area contributed by atoms with Crippen LogP contribution in [0.5, 0.6) is 0 Å². The van der Waals surface area contributed by atoms with Gasteiger partial charge in [0.15, 0.2) is 0 Å². The van der Waals surface area contributed by atoms with Crippen molar-refractivity contribution >= 4 is 16.8 Å². The van der Waals surface area contributed by atoms with Gasteiger partial charge in [-0.05, 0) is 70.2 Å². The van der Waals surface area contributed by atoms with Gasteiger partial charge in [-0.25, -0.2) is 0 Å². The number of aromatic nitrogens is 1. The first kappa shape index (κ1) is 19.1. The van der Waals surface area contributed by atoms with Crippen molar-refractivity contribution in [2.75, 3.05) is 13.6 Å². The van der Waals surface area contributed by atoms with Crippen LogP contribution in [-0.2, 0) is 11.2 Å². The molecule has 2 fully saturated rings. The molecule has 5 atom stereocenters. The van der Waals surface area contributed by atoms with Crippen molar-refractivity contribution in [1.29, 1.82) is 0 Å². The summed E-state index contributed by atoms with van der Waals surface area (Å²) in [5.74, 6) is 0.495. The molecular formula is C24H33N3O2. The third-order valence-corrected chi connectivity index (χ3v) is 7.61. The summed E-state index contributed by atoms with van der Waals surface area (Å²) in [7, 11) is 2.17. The maximum Gasteiger partial charge on any atom is 0.224 e. The number of benzene rings is 1. The van der Waals surface area contributed by atoms with Crippen LogP contribution in [0.4, 0.5) is 0 Å². The maximum atomic E-state index is 13.0. The Bertz CT molecular complexity index is 934. The van der Waals surface area contributed by atoms with Crippen LogP contribution in [0.3, 0.4) is 0 Å². The fourth-order valence-electron chi connectivity index (χ4n) is 6.10. The van der Waals surface area contributed by atoms with E-state index >= 15 is 0 Å². The minimum Gasteiger partial charge on any atom is -0.391 e. The molecule has 1 saturated carbocycles. The highest BCUT2D eigenvalue weighted by Crippen LogP contribution is 2.45. The molecule has 5 rings (SSSR count). The lowest BCUT2D eigenvalue weighted by atomic mass is 9.72. The van der Waals surface area contributed by atoms with Gasteiger partial charge in [-0.15, -0.1) is 0 Å². The van der Waals surface area contributed by atoms with E-state index in [9.17, 15) is 9.90 Å². The molecule has 2 aromatic rings. The number of nitrogens with zero attached hydrogens (tertiary/aromatic N) is 2. The SMILES string of the molecule is CC(C)n1cc2c3c(cccc31)[C@H]1C[C@H](C(=O)NC3CCCC3O)CN(C)[C@@H]1C2. The van der Waals surface area contributed by atoms with E-state index in [0.29, 0.717) is 18.0 Å². The Morgan fingerprint density at radius 1 is 1.28 bits per heavy atom. The van der Waals surface area contributed by atoms with Gasteiger partial charge in [0, 0.05) is 41.6 Å². The molecule has 3 aliphatic rings. The van der Waals surface area contributed by atoms with Gasteiger partial charge < -0.3 is 19.9 Å². The molecule has 5 heteroatoms. The van der Waals surface area contributed by atoms with E-state index in [1.54, 1.807) is 0 Å². The molecule has 1 aromatic carbocycles. The molecule has 1 aliphatic heterocycles. The van der Waals surface area contributed by atoms with Crippen LogP contribution in [0.1, 0.15) is 62.6 Å². The average Bonchev–Trinajstić information content (AvgIpc) is 3.27. The van der Waals surface area contributed by atoms with Gasteiger partial charge in [-0.3, -0.25) is 4.79 Å². The van der Waals surface area contributed by atoms with Gasteiger partial charge in [0.1, 0.15) is 0 Å². The third kappa shape index (κ3) is 3.10. The number of fused-ring (bicyclic) bond motifs is 2. The Morgan fingerprint density at radius 3 is 2.83 bits per heavy atom. The summed E-state index contributed by atoms with van der Waals surface area (Å²) in [4.78, 5) is 15.4. The van der Waals surface area contributed by atoms with Gasteiger partial charge in [-0.2, -0.15) is 0 Å². The number of aliphatic hydroxyl groups excluding tert-OH is 1. The highest BCUT2D eigenvalue weighted by Gasteiger charge is 2.42. The number of hydrogen-bond donors (Lipinski definition) is 2. The number of piperidine rings is 1. The zero-order valence-electron chi connectivity index (χ0n) is 17.8. The Kier molecular flexibility index (Phi) is 4.71. The lowest BCUT2D eigenvalue weighted by Gasteiger charge is -2.45. The zero-order chi connectivity index (χ0) is 20.3. The zero-order valence-corrected chi connectivity index (χ0v) is 17.8. The monoisotopic (exact) mass is 395 g/mol. The molecule has 1 aromatic heterocycles. The van der Waals surface area contributed by atoms with Crippen LogP contribution in [-0.4, -0.2) is 52.3 Å². The molecule has 156 valence electrons. The summed E-state index contributed by atoms with van der Waals surface area (Å²) in [5.41, 5.74) is 4.20. The lowest BCUT2D eigenvalue weighted by Crippen LogP contribution is -2.53. The van der Waals surface area contributed by atoms with E-state index < -0.39 is 0 Å². The quantitative estimate of drug-likeness (QED) is 0.839. The molecule has 2 aliphatic carbocycles. The summed E-state index contributed by atoms with van der Waals surface area (Å²) in [6.45, 7) is 5.28. The molecule has 2 heterocycles. The number of rotatable bonds is 3. The van der Waals surface area contributed by atoms with Crippen molar-refractivity contribution in [3.05, 3.63) is 35.5 Å². The number of nitrogens with one attached hydrogen (secondary N) is 1. The Morgan fingerprint density at radius 2 is 2.10 bits per heavy atom. The largest absolute Gasteiger partial charge is 0.391 e. The van der Waals surface area contributed by atoms with Crippen LogP contribution in [0.15, 0.2) is 24.4 Å². The predicted molar refractivity (Wildman–Crippen MR) is 115 cm³/mol. The van der Waals surface area contributed by atoms with Crippen molar-refractivity contribution in [2.24, 2.45) is 5.92 Å². The van der Waals surface area contributed by atoms with E-state index in [0.717, 1.165) is 38.6 Å². The Balaban J connectivity index is 1.45. The van der Waals surface area contributed by atoms with Crippen molar-refractivity contribution < 1.29 is 9.90 Å². The second-order valence-corrected chi connectivity index (χ2v) is 9.76. The van der Waals surface area contributed by atoms with E-state index in [2.05, 4.69) is 60.1 Å². The summed E-state index contributed by atoms with van der Waals surface area (Å²) >= 11 is 0. The number of carbonyl (C=O) groups excluding carboxylic acids is 1. The number of carbonyl (C=O) groups is 1. The lowest BCUT2D eigenvalue weighted by molar-refractivity contribution is -0.128. The third-order valence-electron chi connectivity index (χ3n) is 7.61. The van der Waals surface area contributed by atoms with E-state index in [4.69, 9.17) is 0 Å². The van der Waals surface area contributed by atoms with Crippen LogP contribution in [0.25, 0.3) is 10.9 Å². The molecular weight excluding hydrogens is 362 g/mol. The summed E-state index contributed by atoms with van der Waals surface area (Å²) in [6, 6.07) is 7.53. The summed E-state index contributed by atoms with van der Waals surface area (Å²) in [5, 5.41) is 14.7. The fraction of sp³-hybridized carbons (Fsp3) is 0.625. The Hall–Kier alpha value is -1.85. The van der Waals surface area contributed by atoms with Crippen molar-refractivity contribution in [3.8, 4) is 0 Å². The summed E-state index contributed by atoms with van der Waals surface area (Å²) in [6.07, 6.45) is 6.63. The summed E-state index contributed by atoms with van der Waals surface area (Å²) < 4.78 is 2.40.